The van der Waals surface area contributed by atoms with Crippen LogP contribution in [0.5, 0.6) is 0 Å². The molecule has 140 valence electrons. The largest absolute Gasteiger partial charge is 0.477 e. The van der Waals surface area contributed by atoms with Crippen LogP contribution in [-0.2, 0) is 13.0 Å². The third-order valence-electron chi connectivity index (χ3n) is 4.24. The monoisotopic (exact) mass is 395 g/mol. The smallest absolute Gasteiger partial charge is 0.341 e. The van der Waals surface area contributed by atoms with Crippen molar-refractivity contribution in [2.24, 2.45) is 0 Å². The average Bonchev–Trinajstić information content (AvgIpc) is 3.09. The van der Waals surface area contributed by atoms with E-state index in [1.807, 2.05) is 18.2 Å². The molecule has 0 saturated heterocycles. The number of carboxylic acids is 1. The van der Waals surface area contributed by atoms with E-state index in [2.05, 4.69) is 20.3 Å². The van der Waals surface area contributed by atoms with Crippen LogP contribution in [0, 0.1) is 0 Å². The number of benzene rings is 1. The lowest BCUT2D eigenvalue weighted by molar-refractivity contribution is 0.0695. The Hall–Kier alpha value is -3.52. The van der Waals surface area contributed by atoms with Crippen LogP contribution in [0.3, 0.4) is 0 Å². The molecule has 3 aromatic heterocycles. The van der Waals surface area contributed by atoms with Crippen molar-refractivity contribution in [3.05, 3.63) is 86.7 Å². The van der Waals surface area contributed by atoms with E-state index in [9.17, 15) is 9.59 Å². The number of H-pyrrole nitrogens is 1. The highest BCUT2D eigenvalue weighted by Gasteiger charge is 2.14. The third-order valence-corrected chi connectivity index (χ3v) is 4.45. The van der Waals surface area contributed by atoms with Gasteiger partial charge >= 0.3 is 5.97 Å². The maximum Gasteiger partial charge on any atom is 0.341 e. The first kappa shape index (κ1) is 17.9. The van der Waals surface area contributed by atoms with Crippen molar-refractivity contribution in [2.45, 2.75) is 13.0 Å². The molecule has 0 atom stereocenters. The van der Waals surface area contributed by atoms with Crippen LogP contribution in [0.1, 0.15) is 27.3 Å². The number of aromatic amines is 1. The average molecular weight is 396 g/mol. The van der Waals surface area contributed by atoms with Crippen molar-refractivity contribution in [3.63, 3.8) is 0 Å². The van der Waals surface area contributed by atoms with Crippen LogP contribution in [-0.4, -0.2) is 36.0 Å². The van der Waals surface area contributed by atoms with Gasteiger partial charge in [-0.15, -0.1) is 5.10 Å². The van der Waals surface area contributed by atoms with E-state index < -0.39 is 11.5 Å². The van der Waals surface area contributed by atoms with Gasteiger partial charge in [-0.05, 0) is 35.9 Å². The molecule has 28 heavy (non-hydrogen) atoms. The molecule has 0 radical (unpaired) electrons. The van der Waals surface area contributed by atoms with Crippen LogP contribution < -0.4 is 5.56 Å². The van der Waals surface area contributed by atoms with Gasteiger partial charge in [-0.1, -0.05) is 22.9 Å². The summed E-state index contributed by atoms with van der Waals surface area (Å²) in [6, 6.07) is 10.3. The normalized spacial score (nSPS) is 11.0. The van der Waals surface area contributed by atoms with Crippen molar-refractivity contribution in [2.75, 3.05) is 0 Å². The first-order valence-corrected chi connectivity index (χ1v) is 8.75. The van der Waals surface area contributed by atoms with Crippen molar-refractivity contribution >= 4 is 28.5 Å². The van der Waals surface area contributed by atoms with Gasteiger partial charge < -0.3 is 10.1 Å². The predicted octanol–water partition coefficient (Wildman–Crippen LogP) is 2.51. The number of halogens is 1. The van der Waals surface area contributed by atoms with E-state index in [4.69, 9.17) is 16.7 Å². The Morgan fingerprint density at radius 2 is 2.07 bits per heavy atom. The lowest BCUT2D eigenvalue weighted by Crippen LogP contribution is -2.17. The van der Waals surface area contributed by atoms with Gasteiger partial charge in [0.1, 0.15) is 5.56 Å². The molecule has 0 aliphatic rings. The van der Waals surface area contributed by atoms with E-state index >= 15 is 0 Å². The van der Waals surface area contributed by atoms with Gasteiger partial charge in [-0.25, -0.2) is 9.48 Å². The number of aromatic nitrogens is 5. The zero-order chi connectivity index (χ0) is 19.7. The maximum absolute atomic E-state index is 12.1. The molecule has 0 spiro atoms. The van der Waals surface area contributed by atoms with E-state index in [0.717, 1.165) is 11.4 Å². The van der Waals surface area contributed by atoms with Crippen molar-refractivity contribution in [1.82, 2.24) is 25.0 Å². The summed E-state index contributed by atoms with van der Waals surface area (Å²) in [5, 5.41) is 18.4. The number of aromatic carboxylic acids is 1. The van der Waals surface area contributed by atoms with Gasteiger partial charge in [0.2, 0.25) is 0 Å². The molecule has 3 heterocycles. The molecule has 0 aliphatic carbocycles. The molecule has 4 aromatic rings. The Labute approximate surface area is 163 Å². The first-order chi connectivity index (χ1) is 13.5. The number of hydrogen-bond donors (Lipinski definition) is 2. The minimum atomic E-state index is -1.29. The fourth-order valence-corrected chi connectivity index (χ4v) is 3.25. The zero-order valence-corrected chi connectivity index (χ0v) is 15.2. The summed E-state index contributed by atoms with van der Waals surface area (Å²) in [5.41, 5.74) is 1.85. The number of nitrogens with zero attached hydrogens (tertiary/aromatic N) is 4. The molecule has 0 bridgehead atoms. The molecule has 0 fully saturated rings. The van der Waals surface area contributed by atoms with Gasteiger partial charge in [0.25, 0.3) is 5.56 Å². The molecule has 0 unspecified atom stereocenters. The minimum absolute atomic E-state index is 0.314. The maximum atomic E-state index is 12.1. The molecular formula is C19H14ClN5O3. The first-order valence-electron chi connectivity index (χ1n) is 8.37. The van der Waals surface area contributed by atoms with Crippen LogP contribution in [0.25, 0.3) is 10.9 Å². The summed E-state index contributed by atoms with van der Waals surface area (Å²) >= 11 is 6.18. The fraction of sp³-hybridized carbons (Fsp3) is 0.105. The highest BCUT2D eigenvalue weighted by molar-refractivity contribution is 6.31. The topological polar surface area (TPSA) is 114 Å². The van der Waals surface area contributed by atoms with Crippen LogP contribution in [0.4, 0.5) is 0 Å². The fourth-order valence-electron chi connectivity index (χ4n) is 3.00. The molecule has 4 rings (SSSR count). The summed E-state index contributed by atoms with van der Waals surface area (Å²) < 4.78 is 1.63. The van der Waals surface area contributed by atoms with Gasteiger partial charge in [-0.2, -0.15) is 0 Å². The number of hydrogen-bond acceptors (Lipinski definition) is 5. The summed E-state index contributed by atoms with van der Waals surface area (Å²) in [6.45, 7) is 0.314. The van der Waals surface area contributed by atoms with Crippen LogP contribution >= 0.6 is 11.6 Å². The molecule has 0 aliphatic heterocycles. The SMILES string of the molecule is O=C(O)c1cc2cc(Cl)cc(Cn3cc(Cc4ccccn4)nn3)c2[nH]c1=O. The second kappa shape index (κ2) is 7.24. The highest BCUT2D eigenvalue weighted by atomic mass is 35.5. The summed E-state index contributed by atoms with van der Waals surface area (Å²) in [5.74, 6) is -1.29. The van der Waals surface area contributed by atoms with Crippen molar-refractivity contribution < 1.29 is 9.90 Å². The Balaban J connectivity index is 1.67. The standard InChI is InChI=1S/C19H14ClN5O3/c20-13-5-11-7-16(19(27)28)18(26)22-17(11)12(6-13)9-25-10-15(23-24-25)8-14-3-1-2-4-21-14/h1-7,10H,8-9H2,(H,22,26)(H,27,28). The van der Waals surface area contributed by atoms with Gasteiger partial charge in [0.05, 0.1) is 17.8 Å². The van der Waals surface area contributed by atoms with Crippen LogP contribution in [0.2, 0.25) is 5.02 Å². The number of rotatable bonds is 5. The Morgan fingerprint density at radius 3 is 2.82 bits per heavy atom. The zero-order valence-electron chi connectivity index (χ0n) is 14.5. The van der Waals surface area contributed by atoms with Crippen molar-refractivity contribution in [3.8, 4) is 0 Å². The second-order valence-corrected chi connectivity index (χ2v) is 6.69. The number of carboxylic acid groups (broad SMARTS) is 1. The number of nitrogens with one attached hydrogen (secondary N) is 1. The van der Waals surface area contributed by atoms with Gasteiger partial charge in [0.15, 0.2) is 0 Å². The number of pyridine rings is 2. The van der Waals surface area contributed by atoms with Crippen LogP contribution in [0.15, 0.2) is 53.6 Å². The summed E-state index contributed by atoms with van der Waals surface area (Å²) in [7, 11) is 0. The van der Waals surface area contributed by atoms with Crippen molar-refractivity contribution in [1.29, 1.82) is 0 Å². The Morgan fingerprint density at radius 1 is 1.21 bits per heavy atom. The molecule has 9 heteroatoms. The predicted molar refractivity (Wildman–Crippen MR) is 103 cm³/mol. The van der Waals surface area contributed by atoms with Gasteiger partial charge in [-0.3, -0.25) is 9.78 Å². The molecule has 0 amide bonds. The van der Waals surface area contributed by atoms with E-state index in [0.29, 0.717) is 34.5 Å². The number of fused-ring (bicyclic) bond motifs is 1. The van der Waals surface area contributed by atoms with E-state index in [1.54, 1.807) is 29.2 Å². The van der Waals surface area contributed by atoms with Gasteiger partial charge in [0, 0.05) is 34.9 Å². The Bertz CT molecular complexity index is 1230. The summed E-state index contributed by atoms with van der Waals surface area (Å²) in [6.07, 6.45) is 4.07. The molecule has 8 nitrogen and oxygen atoms in total. The van der Waals surface area contributed by atoms with E-state index in [1.165, 1.54) is 6.07 Å². The molecular weight excluding hydrogens is 382 g/mol. The highest BCUT2D eigenvalue weighted by Crippen LogP contribution is 2.23. The molecule has 2 N–H and O–H groups in total. The second-order valence-electron chi connectivity index (χ2n) is 6.25. The lowest BCUT2D eigenvalue weighted by Gasteiger charge is -2.08. The molecule has 1 aromatic carbocycles. The lowest BCUT2D eigenvalue weighted by atomic mass is 10.1. The Kier molecular flexibility index (Phi) is 4.62. The number of carbonyl (C=O) groups is 1. The minimum Gasteiger partial charge on any atom is -0.477 e. The van der Waals surface area contributed by atoms with E-state index in [-0.39, 0.29) is 5.56 Å². The molecule has 0 saturated carbocycles. The third kappa shape index (κ3) is 3.63. The summed E-state index contributed by atoms with van der Waals surface area (Å²) in [4.78, 5) is 30.2. The quantitative estimate of drug-likeness (QED) is 0.536.